The number of rotatable bonds is 3. The number of benzene rings is 2. The first-order valence-corrected chi connectivity index (χ1v) is 7.81. The molecule has 3 nitrogen and oxygen atoms in total. The van der Waals surface area contributed by atoms with Crippen molar-refractivity contribution in [3.63, 3.8) is 0 Å². The molecule has 114 valence electrons. The predicted octanol–water partition coefficient (Wildman–Crippen LogP) is 3.56. The quantitative estimate of drug-likeness (QED) is 0.938. The molecular weight excluding hydrogens is 272 g/mol. The average Bonchev–Trinajstić information content (AvgIpc) is 2.55. The Labute approximate surface area is 132 Å². The molecule has 2 aromatic carbocycles. The summed E-state index contributed by atoms with van der Waals surface area (Å²) in [5.41, 5.74) is 4.45. The van der Waals surface area contributed by atoms with E-state index in [1.807, 2.05) is 43.3 Å². The Hall–Kier alpha value is -2.29. The first-order chi connectivity index (χ1) is 10.6. The van der Waals surface area contributed by atoms with E-state index in [1.165, 1.54) is 11.1 Å². The van der Waals surface area contributed by atoms with Crippen molar-refractivity contribution in [2.24, 2.45) is 0 Å². The summed E-state index contributed by atoms with van der Waals surface area (Å²) in [6.07, 6.45) is 3.25. The van der Waals surface area contributed by atoms with Crippen molar-refractivity contribution >= 4 is 11.6 Å². The highest BCUT2D eigenvalue weighted by atomic mass is 16.1. The summed E-state index contributed by atoms with van der Waals surface area (Å²) in [4.78, 5) is 14.5. The van der Waals surface area contributed by atoms with Crippen LogP contribution in [-0.2, 0) is 6.42 Å². The van der Waals surface area contributed by atoms with Crippen LogP contribution in [0.25, 0.3) is 0 Å². The first-order valence-electron chi connectivity index (χ1n) is 7.81. The number of hydrogen-bond acceptors (Lipinski definition) is 2. The van der Waals surface area contributed by atoms with E-state index >= 15 is 0 Å². The Morgan fingerprint density at radius 3 is 2.55 bits per heavy atom. The van der Waals surface area contributed by atoms with Gasteiger partial charge in [0.2, 0.25) is 0 Å². The summed E-state index contributed by atoms with van der Waals surface area (Å²) in [7, 11) is 3.99. The minimum Gasteiger partial charge on any atom is -0.378 e. The third-order valence-corrected chi connectivity index (χ3v) is 4.32. The molecule has 3 rings (SSSR count). The minimum atomic E-state index is 0.00649. The molecule has 1 atom stereocenters. The summed E-state index contributed by atoms with van der Waals surface area (Å²) in [6.45, 7) is 0. The van der Waals surface area contributed by atoms with Crippen LogP contribution >= 0.6 is 0 Å². The number of hydrogen-bond donors (Lipinski definition) is 1. The second-order valence-corrected chi connectivity index (χ2v) is 6.06. The van der Waals surface area contributed by atoms with Crippen molar-refractivity contribution < 1.29 is 4.79 Å². The molecule has 3 heteroatoms. The lowest BCUT2D eigenvalue weighted by atomic mass is 9.87. The molecule has 0 unspecified atom stereocenters. The lowest BCUT2D eigenvalue weighted by molar-refractivity contribution is 0.0933. The molecule has 1 aliphatic rings. The lowest BCUT2D eigenvalue weighted by Gasteiger charge is -2.26. The Bertz CT molecular complexity index is 661. The number of amides is 1. The zero-order chi connectivity index (χ0) is 15.5. The molecule has 1 aliphatic carbocycles. The van der Waals surface area contributed by atoms with Gasteiger partial charge in [-0.2, -0.15) is 0 Å². The van der Waals surface area contributed by atoms with Crippen LogP contribution in [0.15, 0.2) is 48.5 Å². The number of carbonyl (C=O) groups excluding carboxylic acids is 1. The van der Waals surface area contributed by atoms with Crippen LogP contribution in [-0.4, -0.2) is 20.0 Å². The fraction of sp³-hybridized carbons (Fsp3) is 0.316. The highest BCUT2D eigenvalue weighted by Crippen LogP contribution is 2.29. The van der Waals surface area contributed by atoms with Crippen LogP contribution in [0.3, 0.4) is 0 Å². The molecule has 0 fully saturated rings. The van der Waals surface area contributed by atoms with E-state index in [1.54, 1.807) is 0 Å². The van der Waals surface area contributed by atoms with Gasteiger partial charge in [0, 0.05) is 25.3 Å². The normalized spacial score (nSPS) is 16.7. The van der Waals surface area contributed by atoms with Gasteiger partial charge in [0.25, 0.3) is 5.91 Å². The van der Waals surface area contributed by atoms with Gasteiger partial charge in [-0.15, -0.1) is 0 Å². The molecular formula is C19H22N2O. The van der Waals surface area contributed by atoms with E-state index in [9.17, 15) is 4.79 Å². The standard InChI is InChI=1S/C19H22N2O/c1-21(2)16-12-10-15(11-13-16)19(22)20-18-9-5-7-14-6-3-4-8-17(14)18/h3-4,6,8,10-13,18H,5,7,9H2,1-2H3,(H,20,22)/t18-/m0/s1. The molecule has 0 bridgehead atoms. The Morgan fingerprint density at radius 2 is 1.82 bits per heavy atom. The largest absolute Gasteiger partial charge is 0.378 e. The Morgan fingerprint density at radius 1 is 1.09 bits per heavy atom. The van der Waals surface area contributed by atoms with Crippen LogP contribution in [0, 0.1) is 0 Å². The number of aryl methyl sites for hydroxylation is 1. The van der Waals surface area contributed by atoms with E-state index in [0.717, 1.165) is 24.9 Å². The molecule has 0 saturated carbocycles. The Kier molecular flexibility index (Phi) is 4.14. The molecule has 0 aliphatic heterocycles. The van der Waals surface area contributed by atoms with E-state index in [2.05, 4.69) is 29.6 Å². The zero-order valence-corrected chi connectivity index (χ0v) is 13.2. The van der Waals surface area contributed by atoms with Gasteiger partial charge in [-0.25, -0.2) is 0 Å². The van der Waals surface area contributed by atoms with Crippen molar-refractivity contribution in [1.82, 2.24) is 5.32 Å². The fourth-order valence-electron chi connectivity index (χ4n) is 3.06. The van der Waals surface area contributed by atoms with Crippen molar-refractivity contribution in [3.05, 3.63) is 65.2 Å². The predicted molar refractivity (Wildman–Crippen MR) is 90.4 cm³/mol. The smallest absolute Gasteiger partial charge is 0.251 e. The molecule has 1 amide bonds. The maximum atomic E-state index is 12.5. The van der Waals surface area contributed by atoms with Gasteiger partial charge in [-0.1, -0.05) is 24.3 Å². The van der Waals surface area contributed by atoms with E-state index < -0.39 is 0 Å². The highest BCUT2D eigenvalue weighted by molar-refractivity contribution is 5.94. The zero-order valence-electron chi connectivity index (χ0n) is 13.2. The maximum Gasteiger partial charge on any atom is 0.251 e. The van der Waals surface area contributed by atoms with E-state index in [4.69, 9.17) is 0 Å². The molecule has 0 spiro atoms. The van der Waals surface area contributed by atoms with Crippen molar-refractivity contribution in [2.45, 2.75) is 25.3 Å². The Balaban J connectivity index is 1.75. The van der Waals surface area contributed by atoms with Gasteiger partial charge in [-0.3, -0.25) is 4.79 Å². The third kappa shape index (κ3) is 2.98. The van der Waals surface area contributed by atoms with Gasteiger partial charge in [0.15, 0.2) is 0 Å². The molecule has 0 heterocycles. The summed E-state index contributed by atoms with van der Waals surface area (Å²) in [6, 6.07) is 16.3. The first kappa shape index (κ1) is 14.6. The number of anilines is 1. The third-order valence-electron chi connectivity index (χ3n) is 4.32. The van der Waals surface area contributed by atoms with Crippen LogP contribution in [0.1, 0.15) is 40.4 Å². The average molecular weight is 294 g/mol. The SMILES string of the molecule is CN(C)c1ccc(C(=O)N[C@H]2CCCc3ccccc32)cc1. The van der Waals surface area contributed by atoms with Gasteiger partial charge in [-0.05, 0) is 54.7 Å². The van der Waals surface area contributed by atoms with E-state index in [-0.39, 0.29) is 11.9 Å². The van der Waals surface area contributed by atoms with Crippen LogP contribution < -0.4 is 10.2 Å². The second-order valence-electron chi connectivity index (χ2n) is 6.06. The minimum absolute atomic E-state index is 0.00649. The topological polar surface area (TPSA) is 32.3 Å². The lowest BCUT2D eigenvalue weighted by Crippen LogP contribution is -2.30. The van der Waals surface area contributed by atoms with E-state index in [0.29, 0.717) is 5.56 Å². The fourth-order valence-corrected chi connectivity index (χ4v) is 3.06. The van der Waals surface area contributed by atoms with Crippen LogP contribution in [0.5, 0.6) is 0 Å². The summed E-state index contributed by atoms with van der Waals surface area (Å²) >= 11 is 0. The summed E-state index contributed by atoms with van der Waals surface area (Å²) in [5, 5.41) is 3.19. The number of fused-ring (bicyclic) bond motifs is 1. The molecule has 2 aromatic rings. The summed E-state index contributed by atoms with van der Waals surface area (Å²) < 4.78 is 0. The monoisotopic (exact) mass is 294 g/mol. The highest BCUT2D eigenvalue weighted by Gasteiger charge is 2.21. The molecule has 0 aromatic heterocycles. The number of nitrogens with one attached hydrogen (secondary N) is 1. The van der Waals surface area contributed by atoms with Crippen LogP contribution in [0.2, 0.25) is 0 Å². The van der Waals surface area contributed by atoms with Gasteiger partial charge >= 0.3 is 0 Å². The van der Waals surface area contributed by atoms with Crippen molar-refractivity contribution in [1.29, 1.82) is 0 Å². The van der Waals surface area contributed by atoms with Gasteiger partial charge in [0.05, 0.1) is 6.04 Å². The molecule has 0 saturated heterocycles. The molecule has 0 radical (unpaired) electrons. The summed E-state index contributed by atoms with van der Waals surface area (Å²) in [5.74, 6) is 0.00649. The second kappa shape index (κ2) is 6.22. The molecule has 1 N–H and O–H groups in total. The van der Waals surface area contributed by atoms with Crippen LogP contribution in [0.4, 0.5) is 5.69 Å². The number of nitrogens with zero attached hydrogens (tertiary/aromatic N) is 1. The maximum absolute atomic E-state index is 12.5. The molecule has 22 heavy (non-hydrogen) atoms. The van der Waals surface area contributed by atoms with Crippen molar-refractivity contribution in [3.8, 4) is 0 Å². The number of carbonyl (C=O) groups is 1. The van der Waals surface area contributed by atoms with Crippen molar-refractivity contribution in [2.75, 3.05) is 19.0 Å². The van der Waals surface area contributed by atoms with Gasteiger partial charge in [0.1, 0.15) is 0 Å². The van der Waals surface area contributed by atoms with Gasteiger partial charge < -0.3 is 10.2 Å².